The number of aryl methyl sites for hydroxylation is 2. The van der Waals surface area contributed by atoms with Crippen molar-refractivity contribution in [3.63, 3.8) is 0 Å². The Hall–Kier alpha value is -2.02. The summed E-state index contributed by atoms with van der Waals surface area (Å²) in [5, 5.41) is 13.7. The number of hydrogen-bond donors (Lipinski definition) is 0. The standard InChI is InChI=1S/C19H26N6O/c26-18-5-2-8-24(18)12-11-23-9-6-14(7-10-23)19-21-20-17-13-15-3-1-4-16(15)22-25(17)19/h13-14H,1-12H2. The normalized spacial score (nSPS) is 21.8. The van der Waals surface area contributed by atoms with E-state index in [0.717, 1.165) is 82.7 Å². The van der Waals surface area contributed by atoms with Crippen molar-refractivity contribution < 1.29 is 4.79 Å². The summed E-state index contributed by atoms with van der Waals surface area (Å²) in [7, 11) is 0. The van der Waals surface area contributed by atoms with Crippen LogP contribution in [0.5, 0.6) is 0 Å². The first kappa shape index (κ1) is 16.2. The predicted molar refractivity (Wildman–Crippen MR) is 97.0 cm³/mol. The zero-order valence-corrected chi connectivity index (χ0v) is 15.2. The Morgan fingerprint density at radius 1 is 1.00 bits per heavy atom. The summed E-state index contributed by atoms with van der Waals surface area (Å²) < 4.78 is 1.99. The number of carbonyl (C=O) groups is 1. The minimum Gasteiger partial charge on any atom is -0.341 e. The van der Waals surface area contributed by atoms with Crippen LogP contribution in [-0.4, -0.2) is 68.2 Å². The maximum Gasteiger partial charge on any atom is 0.222 e. The van der Waals surface area contributed by atoms with Gasteiger partial charge in [-0.1, -0.05) is 0 Å². The van der Waals surface area contributed by atoms with Crippen molar-refractivity contribution in [2.75, 3.05) is 32.7 Å². The molecule has 7 nitrogen and oxygen atoms in total. The first-order chi connectivity index (χ1) is 12.8. The van der Waals surface area contributed by atoms with Crippen LogP contribution in [0.15, 0.2) is 6.07 Å². The van der Waals surface area contributed by atoms with Crippen molar-refractivity contribution in [3.8, 4) is 0 Å². The summed E-state index contributed by atoms with van der Waals surface area (Å²) >= 11 is 0. The Morgan fingerprint density at radius 2 is 1.88 bits per heavy atom. The summed E-state index contributed by atoms with van der Waals surface area (Å²) in [4.78, 5) is 16.2. The van der Waals surface area contributed by atoms with Crippen LogP contribution in [-0.2, 0) is 17.6 Å². The quantitative estimate of drug-likeness (QED) is 0.831. The zero-order valence-electron chi connectivity index (χ0n) is 15.2. The number of carbonyl (C=O) groups excluding carboxylic acids is 1. The lowest BCUT2D eigenvalue weighted by atomic mass is 9.96. The van der Waals surface area contributed by atoms with Gasteiger partial charge in [-0.15, -0.1) is 10.2 Å². The molecule has 2 fully saturated rings. The van der Waals surface area contributed by atoms with Crippen molar-refractivity contribution in [2.24, 2.45) is 0 Å². The molecule has 2 saturated heterocycles. The van der Waals surface area contributed by atoms with Crippen LogP contribution in [0, 0.1) is 0 Å². The molecule has 2 aromatic rings. The lowest BCUT2D eigenvalue weighted by Crippen LogP contribution is -2.40. The van der Waals surface area contributed by atoms with E-state index in [4.69, 9.17) is 5.10 Å². The molecule has 0 radical (unpaired) electrons. The van der Waals surface area contributed by atoms with Gasteiger partial charge in [-0.25, -0.2) is 0 Å². The van der Waals surface area contributed by atoms with Gasteiger partial charge in [0.25, 0.3) is 0 Å². The van der Waals surface area contributed by atoms with Crippen LogP contribution in [0.4, 0.5) is 0 Å². The highest BCUT2D eigenvalue weighted by atomic mass is 16.2. The number of piperidine rings is 1. The highest BCUT2D eigenvalue weighted by Gasteiger charge is 2.27. The Kier molecular flexibility index (Phi) is 4.11. The second-order valence-corrected chi connectivity index (χ2v) is 7.90. The minimum atomic E-state index is 0.327. The van der Waals surface area contributed by atoms with Crippen LogP contribution in [0.2, 0.25) is 0 Å². The van der Waals surface area contributed by atoms with Crippen LogP contribution < -0.4 is 0 Å². The molecule has 0 unspecified atom stereocenters. The van der Waals surface area contributed by atoms with E-state index < -0.39 is 0 Å². The van der Waals surface area contributed by atoms with Gasteiger partial charge in [-0.3, -0.25) is 4.79 Å². The fourth-order valence-corrected chi connectivity index (χ4v) is 4.67. The average molecular weight is 354 g/mol. The molecule has 0 bridgehead atoms. The van der Waals surface area contributed by atoms with Crippen LogP contribution >= 0.6 is 0 Å². The molecule has 5 rings (SSSR count). The number of aromatic nitrogens is 4. The van der Waals surface area contributed by atoms with Gasteiger partial charge in [0.15, 0.2) is 11.5 Å². The van der Waals surface area contributed by atoms with Crippen LogP contribution in [0.25, 0.3) is 5.65 Å². The third-order valence-electron chi connectivity index (χ3n) is 6.25. The average Bonchev–Trinajstić information content (AvgIpc) is 3.38. The highest BCUT2D eigenvalue weighted by molar-refractivity contribution is 5.78. The van der Waals surface area contributed by atoms with Gasteiger partial charge in [0.2, 0.25) is 5.91 Å². The van der Waals surface area contributed by atoms with Crippen molar-refractivity contribution in [1.82, 2.24) is 29.6 Å². The van der Waals surface area contributed by atoms with E-state index >= 15 is 0 Å². The number of hydrogen-bond acceptors (Lipinski definition) is 5. The maximum absolute atomic E-state index is 11.7. The van der Waals surface area contributed by atoms with Gasteiger partial charge in [0.05, 0.1) is 5.69 Å². The summed E-state index contributed by atoms with van der Waals surface area (Å²) in [5.41, 5.74) is 3.48. The summed E-state index contributed by atoms with van der Waals surface area (Å²) in [6.45, 7) is 4.94. The monoisotopic (exact) mass is 354 g/mol. The molecular weight excluding hydrogens is 328 g/mol. The number of amides is 1. The third-order valence-corrected chi connectivity index (χ3v) is 6.25. The van der Waals surface area contributed by atoms with Gasteiger partial charge < -0.3 is 9.80 Å². The SMILES string of the molecule is O=C1CCCN1CCN1CCC(c2nnc3cc4c(nn23)CCC4)CC1. The lowest BCUT2D eigenvalue weighted by molar-refractivity contribution is -0.127. The molecule has 0 N–H and O–H groups in total. The summed E-state index contributed by atoms with van der Waals surface area (Å²) in [6, 6.07) is 2.17. The maximum atomic E-state index is 11.7. The molecule has 138 valence electrons. The molecule has 0 aromatic carbocycles. The van der Waals surface area contributed by atoms with Gasteiger partial charge in [0, 0.05) is 32.0 Å². The molecule has 0 saturated carbocycles. The molecule has 2 aliphatic heterocycles. The minimum absolute atomic E-state index is 0.327. The van der Waals surface area contributed by atoms with Gasteiger partial charge in [-0.2, -0.15) is 9.61 Å². The van der Waals surface area contributed by atoms with E-state index in [2.05, 4.69) is 21.2 Å². The molecule has 26 heavy (non-hydrogen) atoms. The van der Waals surface area contributed by atoms with Crippen molar-refractivity contribution in [1.29, 1.82) is 0 Å². The lowest BCUT2D eigenvalue weighted by Gasteiger charge is -2.32. The van der Waals surface area contributed by atoms with E-state index in [1.54, 1.807) is 0 Å². The topological polar surface area (TPSA) is 66.6 Å². The molecule has 1 amide bonds. The summed E-state index contributed by atoms with van der Waals surface area (Å²) in [6.07, 6.45) is 7.35. The fourth-order valence-electron chi connectivity index (χ4n) is 4.67. The summed E-state index contributed by atoms with van der Waals surface area (Å²) in [5.74, 6) is 1.79. The second-order valence-electron chi connectivity index (χ2n) is 7.90. The molecule has 3 aliphatic rings. The molecule has 2 aromatic heterocycles. The van der Waals surface area contributed by atoms with Crippen molar-refractivity contribution >= 4 is 11.6 Å². The van der Waals surface area contributed by atoms with Crippen LogP contribution in [0.1, 0.15) is 55.1 Å². The van der Waals surface area contributed by atoms with Gasteiger partial charge in [0.1, 0.15) is 0 Å². The number of fused-ring (bicyclic) bond motifs is 2. The van der Waals surface area contributed by atoms with Crippen molar-refractivity contribution in [3.05, 3.63) is 23.1 Å². The number of likely N-dealkylation sites (tertiary alicyclic amines) is 2. The van der Waals surface area contributed by atoms with E-state index in [9.17, 15) is 4.79 Å². The molecule has 0 spiro atoms. The Bertz CT molecular complexity index is 823. The van der Waals surface area contributed by atoms with E-state index in [1.807, 2.05) is 9.42 Å². The van der Waals surface area contributed by atoms with E-state index in [0.29, 0.717) is 11.8 Å². The first-order valence-corrected chi connectivity index (χ1v) is 10.0. The fraction of sp³-hybridized carbons (Fsp3) is 0.684. The van der Waals surface area contributed by atoms with Gasteiger partial charge in [-0.05, 0) is 63.2 Å². The zero-order chi connectivity index (χ0) is 17.5. The predicted octanol–water partition coefficient (Wildman–Crippen LogP) is 1.41. The number of nitrogens with zero attached hydrogens (tertiary/aromatic N) is 6. The molecular formula is C19H26N6O. The molecule has 1 aliphatic carbocycles. The first-order valence-electron chi connectivity index (χ1n) is 10.0. The van der Waals surface area contributed by atoms with Gasteiger partial charge >= 0.3 is 0 Å². The Labute approximate surface area is 153 Å². The Balaban J connectivity index is 1.23. The van der Waals surface area contributed by atoms with E-state index in [-0.39, 0.29) is 0 Å². The molecule has 4 heterocycles. The van der Waals surface area contributed by atoms with E-state index in [1.165, 1.54) is 17.7 Å². The third kappa shape index (κ3) is 2.88. The largest absolute Gasteiger partial charge is 0.341 e. The number of rotatable bonds is 4. The highest BCUT2D eigenvalue weighted by Crippen LogP contribution is 2.28. The molecule has 7 heteroatoms. The van der Waals surface area contributed by atoms with Crippen LogP contribution in [0.3, 0.4) is 0 Å². The second kappa shape index (κ2) is 6.61. The van der Waals surface area contributed by atoms with Crippen molar-refractivity contribution in [2.45, 2.75) is 50.9 Å². The molecule has 0 atom stereocenters. The smallest absolute Gasteiger partial charge is 0.222 e. The Morgan fingerprint density at radius 3 is 2.69 bits per heavy atom.